The molecule has 0 radical (unpaired) electrons. The number of rotatable bonds is 6. The SMILES string of the molecule is COc1ccc(C(=O)COC(=O)c2ccc(OC)c(Br)c2)cc1F. The standard InChI is InChI=1S/C17H14BrFO5/c1-22-15-5-4-11(7-12(15)18)17(21)24-9-14(20)10-3-6-16(23-2)13(19)8-10/h3-8H,9H2,1-2H3. The van der Waals surface area contributed by atoms with Gasteiger partial charge in [-0.15, -0.1) is 0 Å². The molecule has 0 aliphatic carbocycles. The van der Waals surface area contributed by atoms with Gasteiger partial charge in [-0.3, -0.25) is 4.79 Å². The molecule has 0 aromatic heterocycles. The molecule has 0 N–H and O–H groups in total. The summed E-state index contributed by atoms with van der Waals surface area (Å²) in [6, 6.07) is 8.43. The van der Waals surface area contributed by atoms with Crippen molar-refractivity contribution in [3.05, 3.63) is 57.8 Å². The predicted octanol–water partition coefficient (Wildman–Crippen LogP) is 3.65. The minimum atomic E-state index is -0.666. The molecular formula is C17H14BrFO5. The van der Waals surface area contributed by atoms with Crippen molar-refractivity contribution in [2.24, 2.45) is 0 Å². The highest BCUT2D eigenvalue weighted by molar-refractivity contribution is 9.10. The van der Waals surface area contributed by atoms with Gasteiger partial charge in [0.15, 0.2) is 24.0 Å². The van der Waals surface area contributed by atoms with Crippen LogP contribution in [0.5, 0.6) is 11.5 Å². The van der Waals surface area contributed by atoms with Crippen LogP contribution in [0.1, 0.15) is 20.7 Å². The molecule has 0 saturated carbocycles. The quantitative estimate of drug-likeness (QED) is 0.550. The van der Waals surface area contributed by atoms with Crippen LogP contribution in [-0.4, -0.2) is 32.6 Å². The molecule has 0 saturated heterocycles. The average Bonchev–Trinajstić information content (AvgIpc) is 2.59. The zero-order valence-electron chi connectivity index (χ0n) is 13.0. The van der Waals surface area contributed by atoms with Gasteiger partial charge in [0.05, 0.1) is 24.3 Å². The number of carbonyl (C=O) groups is 2. The molecule has 0 unspecified atom stereocenters. The largest absolute Gasteiger partial charge is 0.496 e. The Labute approximate surface area is 146 Å². The van der Waals surface area contributed by atoms with E-state index in [1.54, 1.807) is 6.07 Å². The van der Waals surface area contributed by atoms with Gasteiger partial charge in [0.1, 0.15) is 5.75 Å². The molecule has 126 valence electrons. The third-order valence-corrected chi connectivity index (χ3v) is 3.82. The van der Waals surface area contributed by atoms with E-state index in [0.29, 0.717) is 10.2 Å². The maximum atomic E-state index is 13.6. The van der Waals surface area contributed by atoms with Crippen molar-refractivity contribution in [3.63, 3.8) is 0 Å². The number of esters is 1. The molecule has 0 aliphatic rings. The first-order valence-electron chi connectivity index (χ1n) is 6.83. The Kier molecular flexibility index (Phi) is 5.92. The summed E-state index contributed by atoms with van der Waals surface area (Å²) in [6.45, 7) is -0.492. The van der Waals surface area contributed by atoms with E-state index in [-0.39, 0.29) is 16.9 Å². The minimum absolute atomic E-state index is 0.0339. The molecule has 2 rings (SSSR count). The summed E-state index contributed by atoms with van der Waals surface area (Å²) < 4.78 is 29.0. The molecule has 0 aliphatic heterocycles. The topological polar surface area (TPSA) is 61.8 Å². The van der Waals surface area contributed by atoms with Crippen molar-refractivity contribution >= 4 is 27.7 Å². The molecule has 0 spiro atoms. The van der Waals surface area contributed by atoms with E-state index in [1.807, 2.05) is 0 Å². The second-order valence-electron chi connectivity index (χ2n) is 4.70. The lowest BCUT2D eigenvalue weighted by atomic mass is 10.1. The highest BCUT2D eigenvalue weighted by Gasteiger charge is 2.15. The number of ether oxygens (including phenoxy) is 3. The van der Waals surface area contributed by atoms with E-state index in [1.165, 1.54) is 38.5 Å². The molecule has 0 fully saturated rings. The average molecular weight is 397 g/mol. The highest BCUT2D eigenvalue weighted by Crippen LogP contribution is 2.25. The zero-order chi connectivity index (χ0) is 17.7. The number of Topliss-reactive ketones (excluding diaryl/α,β-unsaturated/α-hetero) is 1. The number of benzene rings is 2. The predicted molar refractivity (Wildman–Crippen MR) is 88.3 cm³/mol. The van der Waals surface area contributed by atoms with Crippen LogP contribution in [0.2, 0.25) is 0 Å². The third kappa shape index (κ3) is 4.11. The maximum Gasteiger partial charge on any atom is 0.338 e. The van der Waals surface area contributed by atoms with Crippen LogP contribution in [0, 0.1) is 5.82 Å². The van der Waals surface area contributed by atoms with Gasteiger partial charge in [-0.1, -0.05) is 0 Å². The lowest BCUT2D eigenvalue weighted by molar-refractivity contribution is 0.0474. The lowest BCUT2D eigenvalue weighted by Crippen LogP contribution is -2.14. The van der Waals surface area contributed by atoms with E-state index >= 15 is 0 Å². The van der Waals surface area contributed by atoms with Crippen molar-refractivity contribution in [3.8, 4) is 11.5 Å². The highest BCUT2D eigenvalue weighted by atomic mass is 79.9. The number of hydrogen-bond acceptors (Lipinski definition) is 5. The molecule has 0 amide bonds. The zero-order valence-corrected chi connectivity index (χ0v) is 14.6. The van der Waals surface area contributed by atoms with E-state index in [2.05, 4.69) is 15.9 Å². The van der Waals surface area contributed by atoms with E-state index in [0.717, 1.165) is 6.07 Å². The number of hydrogen-bond donors (Lipinski definition) is 0. The summed E-state index contributed by atoms with van der Waals surface area (Å²) in [6.07, 6.45) is 0. The molecule has 0 heterocycles. The van der Waals surface area contributed by atoms with Crippen molar-refractivity contribution in [2.45, 2.75) is 0 Å². The molecule has 2 aromatic rings. The van der Waals surface area contributed by atoms with Gasteiger partial charge in [-0.2, -0.15) is 0 Å². The summed E-state index contributed by atoms with van der Waals surface area (Å²) in [5.41, 5.74) is 0.355. The summed E-state index contributed by atoms with van der Waals surface area (Å²) in [7, 11) is 2.83. The first kappa shape index (κ1) is 17.9. The Balaban J connectivity index is 2.02. The van der Waals surface area contributed by atoms with Crippen molar-refractivity contribution in [1.29, 1.82) is 0 Å². The maximum absolute atomic E-state index is 13.6. The van der Waals surface area contributed by atoms with Gasteiger partial charge in [0.2, 0.25) is 0 Å². The van der Waals surface area contributed by atoms with Crippen LogP contribution < -0.4 is 9.47 Å². The smallest absolute Gasteiger partial charge is 0.338 e. The number of halogens is 2. The Morgan fingerprint density at radius 3 is 2.21 bits per heavy atom. The van der Waals surface area contributed by atoms with Crippen LogP contribution in [0.4, 0.5) is 4.39 Å². The Morgan fingerprint density at radius 1 is 1.00 bits per heavy atom. The van der Waals surface area contributed by atoms with Crippen molar-refractivity contribution in [2.75, 3.05) is 20.8 Å². The van der Waals surface area contributed by atoms with Gasteiger partial charge in [-0.25, -0.2) is 9.18 Å². The Morgan fingerprint density at radius 2 is 1.62 bits per heavy atom. The minimum Gasteiger partial charge on any atom is -0.496 e. The Hall–Kier alpha value is -2.41. The molecule has 24 heavy (non-hydrogen) atoms. The second-order valence-corrected chi connectivity index (χ2v) is 5.55. The molecular weight excluding hydrogens is 383 g/mol. The summed E-state index contributed by atoms with van der Waals surface area (Å²) in [4.78, 5) is 24.0. The van der Waals surface area contributed by atoms with E-state index in [4.69, 9.17) is 14.2 Å². The first-order chi connectivity index (χ1) is 11.5. The monoisotopic (exact) mass is 396 g/mol. The summed E-state index contributed by atoms with van der Waals surface area (Å²) in [5.74, 6) is -1.24. The fraction of sp³-hybridized carbons (Fsp3) is 0.176. The number of methoxy groups -OCH3 is 2. The second kappa shape index (κ2) is 7.92. The number of carbonyl (C=O) groups excluding carboxylic acids is 2. The van der Waals surface area contributed by atoms with Gasteiger partial charge in [-0.05, 0) is 52.3 Å². The van der Waals surface area contributed by atoms with Gasteiger partial charge in [0, 0.05) is 5.56 Å². The molecule has 7 heteroatoms. The third-order valence-electron chi connectivity index (χ3n) is 3.20. The van der Waals surface area contributed by atoms with Crippen molar-refractivity contribution in [1.82, 2.24) is 0 Å². The van der Waals surface area contributed by atoms with Gasteiger partial charge >= 0.3 is 5.97 Å². The fourth-order valence-electron chi connectivity index (χ4n) is 1.93. The van der Waals surface area contributed by atoms with Gasteiger partial charge in [0.25, 0.3) is 0 Å². The van der Waals surface area contributed by atoms with E-state index < -0.39 is 24.2 Å². The van der Waals surface area contributed by atoms with Crippen LogP contribution in [0.25, 0.3) is 0 Å². The summed E-state index contributed by atoms with van der Waals surface area (Å²) >= 11 is 3.26. The fourth-order valence-corrected chi connectivity index (χ4v) is 2.47. The van der Waals surface area contributed by atoms with Crippen molar-refractivity contribution < 1.29 is 28.2 Å². The van der Waals surface area contributed by atoms with Crippen LogP contribution >= 0.6 is 15.9 Å². The van der Waals surface area contributed by atoms with Crippen LogP contribution in [0.3, 0.4) is 0 Å². The Bertz CT molecular complexity index is 710. The molecule has 2 aromatic carbocycles. The van der Waals surface area contributed by atoms with Crippen LogP contribution in [0.15, 0.2) is 40.9 Å². The van der Waals surface area contributed by atoms with E-state index in [9.17, 15) is 14.0 Å². The van der Waals surface area contributed by atoms with Crippen LogP contribution in [-0.2, 0) is 4.74 Å². The normalized spacial score (nSPS) is 10.2. The van der Waals surface area contributed by atoms with Gasteiger partial charge < -0.3 is 14.2 Å². The molecule has 0 atom stereocenters. The number of ketones is 1. The first-order valence-corrected chi connectivity index (χ1v) is 7.63. The molecule has 0 bridgehead atoms. The molecule has 5 nitrogen and oxygen atoms in total. The lowest BCUT2D eigenvalue weighted by Gasteiger charge is -2.08. The summed E-state index contributed by atoms with van der Waals surface area (Å²) in [5, 5.41) is 0.